The van der Waals surface area contributed by atoms with Crippen LogP contribution in [0.2, 0.25) is 5.02 Å². The highest BCUT2D eigenvalue weighted by Gasteiger charge is 2.12. The van der Waals surface area contributed by atoms with E-state index in [1.807, 2.05) is 0 Å². The van der Waals surface area contributed by atoms with Gasteiger partial charge < -0.3 is 5.32 Å². The topological polar surface area (TPSA) is 58.2 Å². The molecule has 0 saturated heterocycles. The highest BCUT2D eigenvalue weighted by atomic mass is 35.5. The van der Waals surface area contributed by atoms with Crippen LogP contribution in [0, 0.1) is 5.82 Å². The summed E-state index contributed by atoms with van der Waals surface area (Å²) in [6, 6.07) is 3.81. The van der Waals surface area contributed by atoms with Gasteiger partial charge in [0.15, 0.2) is 0 Å². The predicted molar refractivity (Wildman–Crippen MR) is 72.0 cm³/mol. The lowest BCUT2D eigenvalue weighted by Crippen LogP contribution is -2.18. The molecule has 4 nitrogen and oxygen atoms in total. The number of hydrogen-bond donors (Lipinski definition) is 2. The summed E-state index contributed by atoms with van der Waals surface area (Å²) in [5.74, 6) is -0.710. The fraction of sp³-hybridized carbons (Fsp3) is 0.455. The van der Waals surface area contributed by atoms with E-state index >= 15 is 0 Å². The molecule has 18 heavy (non-hydrogen) atoms. The Morgan fingerprint density at radius 1 is 1.33 bits per heavy atom. The first-order valence-corrected chi connectivity index (χ1v) is 7.58. The molecule has 0 aromatic heterocycles. The third-order valence-corrected chi connectivity index (χ3v) is 3.88. The molecular formula is C11H16ClFN2O2S. The van der Waals surface area contributed by atoms with E-state index in [9.17, 15) is 12.8 Å². The largest absolute Gasteiger partial charge is 0.320 e. The molecular weight excluding hydrogens is 279 g/mol. The summed E-state index contributed by atoms with van der Waals surface area (Å²) in [5, 5.41) is 3.16. The van der Waals surface area contributed by atoms with Crippen molar-refractivity contribution in [2.24, 2.45) is 0 Å². The smallest absolute Gasteiger partial charge is 0.232 e. The normalized spacial score (nSPS) is 11.5. The molecule has 0 unspecified atom stereocenters. The molecule has 0 amide bonds. The zero-order valence-corrected chi connectivity index (χ0v) is 11.6. The number of unbranched alkanes of at least 4 members (excludes halogenated alkanes) is 1. The first-order chi connectivity index (χ1) is 8.44. The maximum Gasteiger partial charge on any atom is 0.232 e. The minimum atomic E-state index is -3.51. The second kappa shape index (κ2) is 6.92. The minimum Gasteiger partial charge on any atom is -0.320 e. The van der Waals surface area contributed by atoms with Crippen LogP contribution >= 0.6 is 11.6 Å². The van der Waals surface area contributed by atoms with Gasteiger partial charge in [-0.3, -0.25) is 4.72 Å². The summed E-state index contributed by atoms with van der Waals surface area (Å²) in [6.45, 7) is 0.755. The van der Waals surface area contributed by atoms with Gasteiger partial charge in [0.25, 0.3) is 0 Å². The predicted octanol–water partition coefficient (Wildman–Crippen LogP) is 2.22. The van der Waals surface area contributed by atoms with Crippen LogP contribution < -0.4 is 10.0 Å². The van der Waals surface area contributed by atoms with Crippen LogP contribution in [0.5, 0.6) is 0 Å². The van der Waals surface area contributed by atoms with Crippen molar-refractivity contribution in [1.29, 1.82) is 0 Å². The molecule has 0 spiro atoms. The van der Waals surface area contributed by atoms with Crippen LogP contribution in [0.1, 0.15) is 12.8 Å². The van der Waals surface area contributed by atoms with Crippen molar-refractivity contribution < 1.29 is 12.8 Å². The second-order valence-corrected chi connectivity index (χ2v) is 6.13. The Kier molecular flexibility index (Phi) is 5.84. The van der Waals surface area contributed by atoms with E-state index in [2.05, 4.69) is 10.0 Å². The van der Waals surface area contributed by atoms with E-state index in [0.29, 0.717) is 6.42 Å². The molecule has 0 bridgehead atoms. The molecule has 7 heteroatoms. The van der Waals surface area contributed by atoms with Crippen LogP contribution in [0.4, 0.5) is 10.1 Å². The highest BCUT2D eigenvalue weighted by molar-refractivity contribution is 7.92. The molecule has 0 fully saturated rings. The number of hydrogen-bond acceptors (Lipinski definition) is 3. The average molecular weight is 295 g/mol. The number of anilines is 1. The second-order valence-electron chi connectivity index (χ2n) is 3.86. The lowest BCUT2D eigenvalue weighted by Gasteiger charge is -2.09. The van der Waals surface area contributed by atoms with Crippen molar-refractivity contribution in [1.82, 2.24) is 5.32 Å². The van der Waals surface area contributed by atoms with Gasteiger partial charge in [-0.05, 0) is 44.6 Å². The van der Waals surface area contributed by atoms with Crippen molar-refractivity contribution in [2.75, 3.05) is 24.1 Å². The van der Waals surface area contributed by atoms with Crippen molar-refractivity contribution in [3.05, 3.63) is 29.0 Å². The van der Waals surface area contributed by atoms with Crippen LogP contribution in [0.25, 0.3) is 0 Å². The van der Waals surface area contributed by atoms with Crippen molar-refractivity contribution >= 4 is 27.3 Å². The van der Waals surface area contributed by atoms with Gasteiger partial charge in [-0.15, -0.1) is 0 Å². The molecule has 0 aliphatic heterocycles. The SMILES string of the molecule is CNCCCCS(=O)(=O)Nc1ccc(Cl)cc1F. The average Bonchev–Trinajstić information content (AvgIpc) is 2.28. The van der Waals surface area contributed by atoms with Crippen LogP contribution in [-0.2, 0) is 10.0 Å². The Hall–Kier alpha value is -0.850. The van der Waals surface area contributed by atoms with Crippen LogP contribution in [-0.4, -0.2) is 27.8 Å². The van der Waals surface area contributed by atoms with Gasteiger partial charge in [0, 0.05) is 5.02 Å². The maximum absolute atomic E-state index is 13.4. The monoisotopic (exact) mass is 294 g/mol. The van der Waals surface area contributed by atoms with Crippen LogP contribution in [0.3, 0.4) is 0 Å². The lowest BCUT2D eigenvalue weighted by atomic mass is 10.3. The molecule has 1 aromatic rings. The quantitative estimate of drug-likeness (QED) is 0.758. The van der Waals surface area contributed by atoms with Gasteiger partial charge in [-0.1, -0.05) is 11.6 Å². The highest BCUT2D eigenvalue weighted by Crippen LogP contribution is 2.20. The Morgan fingerprint density at radius 3 is 2.67 bits per heavy atom. The maximum atomic E-state index is 13.4. The molecule has 0 atom stereocenters. The zero-order chi connectivity index (χ0) is 13.6. The van der Waals surface area contributed by atoms with Gasteiger partial charge in [0.05, 0.1) is 11.4 Å². The van der Waals surface area contributed by atoms with Crippen LogP contribution in [0.15, 0.2) is 18.2 Å². The van der Waals surface area contributed by atoms with E-state index in [4.69, 9.17) is 11.6 Å². The number of benzene rings is 1. The number of rotatable bonds is 7. The van der Waals surface area contributed by atoms with Gasteiger partial charge in [0.2, 0.25) is 10.0 Å². The standard InChI is InChI=1S/C11H16ClFN2O2S/c1-14-6-2-3-7-18(16,17)15-11-5-4-9(12)8-10(11)13/h4-5,8,14-15H,2-3,6-7H2,1H3. The number of sulfonamides is 1. The summed E-state index contributed by atoms with van der Waals surface area (Å²) >= 11 is 5.58. The number of nitrogens with one attached hydrogen (secondary N) is 2. The van der Waals surface area contributed by atoms with Crippen molar-refractivity contribution in [3.8, 4) is 0 Å². The summed E-state index contributed by atoms with van der Waals surface area (Å²) < 4.78 is 38.9. The Bertz CT molecular complexity index is 494. The molecule has 0 radical (unpaired) electrons. The third-order valence-electron chi connectivity index (χ3n) is 2.29. The van der Waals surface area contributed by atoms with E-state index in [1.165, 1.54) is 12.1 Å². The molecule has 1 rings (SSSR count). The molecule has 0 aliphatic rings. The Labute approximate surface area is 112 Å². The Balaban J connectivity index is 2.59. The molecule has 0 heterocycles. The summed E-state index contributed by atoms with van der Waals surface area (Å²) in [5.41, 5.74) is -0.0759. The Morgan fingerprint density at radius 2 is 2.06 bits per heavy atom. The van der Waals surface area contributed by atoms with Gasteiger partial charge in [-0.2, -0.15) is 0 Å². The van der Waals surface area contributed by atoms with E-state index in [0.717, 1.165) is 19.0 Å². The summed E-state index contributed by atoms with van der Waals surface area (Å²) in [4.78, 5) is 0. The van der Waals surface area contributed by atoms with Gasteiger partial charge in [0.1, 0.15) is 5.82 Å². The van der Waals surface area contributed by atoms with Gasteiger partial charge >= 0.3 is 0 Å². The molecule has 0 aliphatic carbocycles. The molecule has 0 saturated carbocycles. The molecule has 102 valence electrons. The number of halogens is 2. The zero-order valence-electron chi connectivity index (χ0n) is 10.0. The lowest BCUT2D eigenvalue weighted by molar-refractivity contribution is 0.593. The fourth-order valence-electron chi connectivity index (χ4n) is 1.38. The molecule has 2 N–H and O–H groups in total. The van der Waals surface area contributed by atoms with Crippen molar-refractivity contribution in [3.63, 3.8) is 0 Å². The van der Waals surface area contributed by atoms with Gasteiger partial charge in [-0.25, -0.2) is 12.8 Å². The minimum absolute atomic E-state index is 0.0310. The van der Waals surface area contributed by atoms with E-state index < -0.39 is 15.8 Å². The van der Waals surface area contributed by atoms with Crippen molar-refractivity contribution in [2.45, 2.75) is 12.8 Å². The summed E-state index contributed by atoms with van der Waals surface area (Å²) in [7, 11) is -1.71. The fourth-order valence-corrected chi connectivity index (χ4v) is 2.73. The first-order valence-electron chi connectivity index (χ1n) is 5.55. The third kappa shape index (κ3) is 5.20. The van der Waals surface area contributed by atoms with E-state index in [1.54, 1.807) is 7.05 Å². The van der Waals surface area contributed by atoms with E-state index in [-0.39, 0.29) is 16.5 Å². The first kappa shape index (κ1) is 15.2. The molecule has 1 aromatic carbocycles. The summed E-state index contributed by atoms with van der Waals surface area (Å²) in [6.07, 6.45) is 1.27.